The molecule has 10 heteroatoms. The van der Waals surface area contributed by atoms with Gasteiger partial charge in [0.05, 0.1) is 39.7 Å². The van der Waals surface area contributed by atoms with Crippen LogP contribution < -0.4 is 19.5 Å². The van der Waals surface area contributed by atoms with Gasteiger partial charge < -0.3 is 24.3 Å². The summed E-state index contributed by atoms with van der Waals surface area (Å²) in [6.07, 6.45) is 3.71. The van der Waals surface area contributed by atoms with Crippen molar-refractivity contribution in [3.8, 4) is 34.6 Å². The van der Waals surface area contributed by atoms with E-state index in [4.69, 9.17) is 33.9 Å². The van der Waals surface area contributed by atoms with E-state index in [0.29, 0.717) is 64.9 Å². The molecule has 0 bridgehead atoms. The largest absolute Gasteiger partial charge is 0.494 e. The number of pyridine rings is 1. The lowest BCUT2D eigenvalue weighted by Gasteiger charge is -2.35. The molecule has 10 nitrogen and oxygen atoms in total. The van der Waals surface area contributed by atoms with Crippen LogP contribution in [0.4, 0.5) is 5.82 Å². The zero-order chi connectivity index (χ0) is 28.2. The van der Waals surface area contributed by atoms with Gasteiger partial charge in [0, 0.05) is 12.1 Å². The number of para-hydroxylation sites is 1. The van der Waals surface area contributed by atoms with Crippen molar-refractivity contribution in [1.82, 2.24) is 24.5 Å². The summed E-state index contributed by atoms with van der Waals surface area (Å²) >= 11 is 0. The molecule has 6 rings (SSSR count). The van der Waals surface area contributed by atoms with Crippen LogP contribution in [0.15, 0.2) is 72.9 Å². The molecule has 1 saturated carbocycles. The van der Waals surface area contributed by atoms with Crippen molar-refractivity contribution in [3.63, 3.8) is 0 Å². The quantitative estimate of drug-likeness (QED) is 0.229. The minimum Gasteiger partial charge on any atom is -0.494 e. The molecule has 5 aromatic rings. The van der Waals surface area contributed by atoms with Gasteiger partial charge in [-0.15, -0.1) is 0 Å². The van der Waals surface area contributed by atoms with E-state index in [9.17, 15) is 0 Å². The predicted molar refractivity (Wildman–Crippen MR) is 156 cm³/mol. The first-order valence-corrected chi connectivity index (χ1v) is 13.7. The summed E-state index contributed by atoms with van der Waals surface area (Å²) in [5.74, 6) is 2.90. The summed E-state index contributed by atoms with van der Waals surface area (Å²) in [4.78, 5) is 19.2. The summed E-state index contributed by atoms with van der Waals surface area (Å²) in [7, 11) is 3.24. The molecule has 1 fully saturated rings. The lowest BCUT2D eigenvalue weighted by Crippen LogP contribution is -2.40. The second kappa shape index (κ2) is 11.8. The van der Waals surface area contributed by atoms with Crippen LogP contribution in [0.3, 0.4) is 0 Å². The molecule has 41 heavy (non-hydrogen) atoms. The van der Waals surface area contributed by atoms with Gasteiger partial charge in [-0.2, -0.15) is 0 Å². The Hall–Kier alpha value is -4.70. The second-order valence-electron chi connectivity index (χ2n) is 9.71. The number of ether oxygens (including phenoxy) is 4. The van der Waals surface area contributed by atoms with Crippen LogP contribution in [-0.2, 0) is 11.3 Å². The molecule has 0 radical (unpaired) electrons. The van der Waals surface area contributed by atoms with Gasteiger partial charge in [0.25, 0.3) is 0 Å². The van der Waals surface area contributed by atoms with Gasteiger partial charge in [-0.3, -0.25) is 4.57 Å². The maximum absolute atomic E-state index is 6.07. The van der Waals surface area contributed by atoms with Crippen molar-refractivity contribution in [1.29, 1.82) is 0 Å². The Labute approximate surface area is 238 Å². The summed E-state index contributed by atoms with van der Waals surface area (Å²) in [5, 5.41) is 3.52. The Balaban J connectivity index is 1.33. The van der Waals surface area contributed by atoms with Crippen molar-refractivity contribution < 1.29 is 18.9 Å². The molecule has 0 spiro atoms. The predicted octanol–water partition coefficient (Wildman–Crippen LogP) is 5.45. The molecule has 3 heterocycles. The summed E-state index contributed by atoms with van der Waals surface area (Å²) in [6.45, 7) is 3.04. The molecule has 0 amide bonds. The molecule has 0 aliphatic heterocycles. The van der Waals surface area contributed by atoms with Crippen molar-refractivity contribution >= 4 is 17.1 Å². The molecule has 210 valence electrons. The number of anilines is 1. The maximum Gasteiger partial charge on any atom is 0.213 e. The molecule has 0 atom stereocenters. The Bertz CT molecular complexity index is 1610. The number of methoxy groups -OCH3 is 2. The van der Waals surface area contributed by atoms with E-state index in [1.807, 2.05) is 66.1 Å². The second-order valence-corrected chi connectivity index (χ2v) is 9.71. The van der Waals surface area contributed by atoms with Crippen LogP contribution in [0.25, 0.3) is 28.5 Å². The van der Waals surface area contributed by atoms with Gasteiger partial charge in [0.15, 0.2) is 17.1 Å². The zero-order valence-electron chi connectivity index (χ0n) is 23.3. The highest BCUT2D eigenvalue weighted by atomic mass is 16.5. The van der Waals surface area contributed by atoms with Crippen LogP contribution in [0.2, 0.25) is 0 Å². The number of benzene rings is 2. The number of nitrogens with one attached hydrogen (secondary N) is 1. The van der Waals surface area contributed by atoms with Gasteiger partial charge in [0.1, 0.15) is 28.7 Å². The molecule has 1 aliphatic carbocycles. The van der Waals surface area contributed by atoms with Crippen LogP contribution in [0, 0.1) is 0 Å². The Morgan fingerprint density at radius 3 is 2.37 bits per heavy atom. The highest BCUT2D eigenvalue weighted by Gasteiger charge is 2.31. The highest BCUT2D eigenvalue weighted by molar-refractivity contribution is 5.80. The van der Waals surface area contributed by atoms with Crippen LogP contribution >= 0.6 is 0 Å². The third-order valence-corrected chi connectivity index (χ3v) is 7.02. The summed E-state index contributed by atoms with van der Waals surface area (Å²) < 4.78 is 25.1. The van der Waals surface area contributed by atoms with Crippen molar-refractivity contribution in [2.75, 3.05) is 26.1 Å². The zero-order valence-corrected chi connectivity index (χ0v) is 23.3. The minimum absolute atomic E-state index is 0.211. The Morgan fingerprint density at radius 2 is 1.63 bits per heavy atom. The van der Waals surface area contributed by atoms with Gasteiger partial charge in [-0.1, -0.05) is 42.5 Å². The fourth-order valence-electron chi connectivity index (χ4n) is 4.94. The third kappa shape index (κ3) is 5.51. The van der Waals surface area contributed by atoms with E-state index >= 15 is 0 Å². The monoisotopic (exact) mass is 552 g/mol. The van der Waals surface area contributed by atoms with Gasteiger partial charge in [-0.25, -0.2) is 19.9 Å². The summed E-state index contributed by atoms with van der Waals surface area (Å²) in [5.41, 5.74) is 3.46. The fourth-order valence-corrected chi connectivity index (χ4v) is 4.94. The Morgan fingerprint density at radius 1 is 0.878 bits per heavy atom. The fraction of sp³-hybridized carbons (Fsp3) is 0.290. The number of rotatable bonds is 11. The van der Waals surface area contributed by atoms with Crippen molar-refractivity contribution in [2.45, 2.75) is 38.5 Å². The number of hydrogen-bond acceptors (Lipinski definition) is 9. The standard InChI is InChI=1S/C31H32N6O4/c1-4-40-27-15-8-12-23(34-27)30-36-29-31(37(30)28-24(38-2)13-9-14-25(28)39-3)35-26(18-32-29)33-21-16-22(17-21)41-19-20-10-6-5-7-11-20/h5-15,18,21-22H,4,16-17,19H2,1-3H3,(H,33,35)/t21-,22-. The van der Waals surface area contributed by atoms with Gasteiger partial charge in [0.2, 0.25) is 5.88 Å². The van der Waals surface area contributed by atoms with Gasteiger partial charge in [-0.05, 0) is 43.5 Å². The number of aromatic nitrogens is 5. The highest BCUT2D eigenvalue weighted by Crippen LogP contribution is 2.38. The number of imidazole rings is 1. The first-order chi connectivity index (χ1) is 20.2. The molecular formula is C31H32N6O4. The van der Waals surface area contributed by atoms with E-state index in [1.54, 1.807) is 20.4 Å². The lowest BCUT2D eigenvalue weighted by molar-refractivity contribution is -0.0150. The third-order valence-electron chi connectivity index (χ3n) is 7.02. The van der Waals surface area contributed by atoms with Crippen LogP contribution in [0.1, 0.15) is 25.3 Å². The van der Waals surface area contributed by atoms with E-state index in [0.717, 1.165) is 12.8 Å². The molecular weight excluding hydrogens is 520 g/mol. The number of fused-ring (bicyclic) bond motifs is 1. The maximum atomic E-state index is 6.07. The lowest BCUT2D eigenvalue weighted by atomic mass is 9.89. The number of hydrogen-bond donors (Lipinski definition) is 1. The van der Waals surface area contributed by atoms with Gasteiger partial charge >= 0.3 is 0 Å². The first-order valence-electron chi connectivity index (χ1n) is 13.7. The molecule has 1 aliphatic rings. The average molecular weight is 553 g/mol. The normalized spacial score (nSPS) is 16.3. The van der Waals surface area contributed by atoms with Crippen LogP contribution in [0.5, 0.6) is 17.4 Å². The van der Waals surface area contributed by atoms with E-state index < -0.39 is 0 Å². The molecule has 3 aromatic heterocycles. The average Bonchev–Trinajstić information content (AvgIpc) is 3.37. The van der Waals surface area contributed by atoms with E-state index in [-0.39, 0.29) is 12.1 Å². The minimum atomic E-state index is 0.211. The molecule has 0 saturated heterocycles. The van der Waals surface area contributed by atoms with E-state index in [1.165, 1.54) is 5.56 Å². The smallest absolute Gasteiger partial charge is 0.213 e. The van der Waals surface area contributed by atoms with Crippen molar-refractivity contribution in [3.05, 3.63) is 78.5 Å². The number of nitrogens with zero attached hydrogens (tertiary/aromatic N) is 5. The van der Waals surface area contributed by atoms with Crippen molar-refractivity contribution in [2.24, 2.45) is 0 Å². The summed E-state index contributed by atoms with van der Waals surface area (Å²) in [6, 6.07) is 21.7. The molecule has 0 unspecified atom stereocenters. The molecule has 2 aromatic carbocycles. The molecule has 1 N–H and O–H groups in total. The van der Waals surface area contributed by atoms with Crippen LogP contribution in [-0.4, -0.2) is 57.5 Å². The van der Waals surface area contributed by atoms with E-state index in [2.05, 4.69) is 22.4 Å². The Kier molecular flexibility index (Phi) is 7.64. The topological polar surface area (TPSA) is 105 Å². The SMILES string of the molecule is CCOc1cccc(-c2nc3ncc(N[C@H]4C[C@H](OCc5ccccc5)C4)nc3n2-c2c(OC)cccc2OC)n1. The first kappa shape index (κ1) is 26.5.